The van der Waals surface area contributed by atoms with Gasteiger partial charge in [0.1, 0.15) is 12.1 Å². The number of nitrogens with zero attached hydrogens (tertiary/aromatic N) is 1. The zero-order valence-corrected chi connectivity index (χ0v) is 19.0. The summed E-state index contributed by atoms with van der Waals surface area (Å²) in [6.45, 7) is 3.42. The van der Waals surface area contributed by atoms with Crippen molar-refractivity contribution >= 4 is 42.0 Å². The Morgan fingerprint density at radius 1 is 1.32 bits per heavy atom. The molecule has 2 aliphatic rings. The second-order valence-electron chi connectivity index (χ2n) is 8.77. The van der Waals surface area contributed by atoms with Gasteiger partial charge >= 0.3 is 0 Å². The molecule has 0 aromatic heterocycles. The first-order chi connectivity index (χ1) is 14.4. The lowest BCUT2D eigenvalue weighted by atomic mass is 10.0. The van der Waals surface area contributed by atoms with E-state index in [1.807, 2.05) is 0 Å². The highest BCUT2D eigenvalue weighted by atomic mass is 35.5. The highest BCUT2D eigenvalue weighted by Crippen LogP contribution is 2.40. The minimum Gasteiger partial charge on any atom is -0.391 e. The van der Waals surface area contributed by atoms with Gasteiger partial charge in [0.05, 0.1) is 6.10 Å². The van der Waals surface area contributed by atoms with E-state index in [4.69, 9.17) is 11.6 Å². The van der Waals surface area contributed by atoms with Crippen LogP contribution in [-0.4, -0.2) is 62.9 Å². The standard InChI is InChI=1S/C21H27ClFN3O4S/c1-20(2,31)16(25-19(30)21(23)7-8-21)18(29)26-11-14(27)9-15(26)17(28)24-10-12-3-5-13(22)6-4-12/h3-6,14-16,27,31H,7-11H2,1-2H3,(H,24,28)(H,25,30)/t14-,15+,16-/m1/s1. The summed E-state index contributed by atoms with van der Waals surface area (Å²) in [6.07, 6.45) is -0.583. The number of carbonyl (C=O) groups is 3. The van der Waals surface area contributed by atoms with Crippen molar-refractivity contribution in [2.45, 2.75) is 68.3 Å². The van der Waals surface area contributed by atoms with Gasteiger partial charge in [-0.15, -0.1) is 0 Å². The van der Waals surface area contributed by atoms with Gasteiger partial charge in [-0.1, -0.05) is 23.7 Å². The average molecular weight is 472 g/mol. The maximum absolute atomic E-state index is 14.2. The Kier molecular flexibility index (Phi) is 6.88. The summed E-state index contributed by atoms with van der Waals surface area (Å²) in [5.74, 6) is -1.86. The molecule has 0 radical (unpaired) electrons. The normalized spacial score (nSPS) is 23.2. The number of amides is 3. The van der Waals surface area contributed by atoms with Crippen molar-refractivity contribution in [3.05, 3.63) is 34.9 Å². The number of alkyl halides is 1. The van der Waals surface area contributed by atoms with Gasteiger partial charge in [0.2, 0.25) is 11.8 Å². The van der Waals surface area contributed by atoms with Crippen LogP contribution in [0.4, 0.5) is 4.39 Å². The smallest absolute Gasteiger partial charge is 0.258 e. The van der Waals surface area contributed by atoms with Gasteiger partial charge in [-0.3, -0.25) is 14.4 Å². The number of halogens is 2. The number of carbonyl (C=O) groups excluding carboxylic acids is 3. The first kappa shape index (κ1) is 23.8. The zero-order chi connectivity index (χ0) is 23.0. The number of aliphatic hydroxyl groups excluding tert-OH is 1. The van der Waals surface area contributed by atoms with Crippen molar-refractivity contribution in [1.29, 1.82) is 0 Å². The first-order valence-electron chi connectivity index (χ1n) is 10.1. The fourth-order valence-electron chi connectivity index (χ4n) is 3.52. The Morgan fingerprint density at radius 2 is 1.94 bits per heavy atom. The lowest BCUT2D eigenvalue weighted by molar-refractivity contribution is -0.143. The maximum Gasteiger partial charge on any atom is 0.258 e. The Bertz CT molecular complexity index is 857. The Labute approximate surface area is 191 Å². The van der Waals surface area contributed by atoms with E-state index in [1.165, 1.54) is 4.90 Å². The van der Waals surface area contributed by atoms with E-state index in [9.17, 15) is 23.9 Å². The molecular formula is C21H27ClFN3O4S. The molecule has 1 aliphatic carbocycles. The highest BCUT2D eigenvalue weighted by Gasteiger charge is 2.53. The predicted molar refractivity (Wildman–Crippen MR) is 117 cm³/mol. The molecule has 0 spiro atoms. The van der Waals surface area contributed by atoms with Crippen molar-refractivity contribution in [2.75, 3.05) is 6.54 Å². The number of β-amino-alcohol motifs (C(OH)–C–C–N with tert-alkyl or cyclic N) is 1. The molecule has 31 heavy (non-hydrogen) atoms. The minimum absolute atomic E-state index is 0.0607. The molecule has 1 saturated carbocycles. The number of aliphatic hydroxyl groups is 1. The summed E-state index contributed by atoms with van der Waals surface area (Å²) in [7, 11) is 0. The monoisotopic (exact) mass is 471 g/mol. The highest BCUT2D eigenvalue weighted by molar-refractivity contribution is 7.81. The third-order valence-corrected chi connectivity index (χ3v) is 6.08. The number of hydrogen-bond donors (Lipinski definition) is 4. The predicted octanol–water partition coefficient (Wildman–Crippen LogP) is 1.61. The largest absolute Gasteiger partial charge is 0.391 e. The fourth-order valence-corrected chi connectivity index (χ4v) is 3.82. The lowest BCUT2D eigenvalue weighted by Crippen LogP contribution is -2.60. The van der Waals surface area contributed by atoms with E-state index in [0.29, 0.717) is 5.02 Å². The van der Waals surface area contributed by atoms with Crippen molar-refractivity contribution < 1.29 is 23.9 Å². The summed E-state index contributed by atoms with van der Waals surface area (Å²) in [4.78, 5) is 39.6. The molecule has 0 bridgehead atoms. The van der Waals surface area contributed by atoms with Crippen LogP contribution < -0.4 is 10.6 Å². The summed E-state index contributed by atoms with van der Waals surface area (Å²) in [5.41, 5.74) is -1.12. The lowest BCUT2D eigenvalue weighted by Gasteiger charge is -2.35. The molecule has 1 aromatic carbocycles. The van der Waals surface area contributed by atoms with E-state index in [-0.39, 0.29) is 32.4 Å². The van der Waals surface area contributed by atoms with Gasteiger partial charge < -0.3 is 20.6 Å². The molecule has 0 unspecified atom stereocenters. The number of rotatable bonds is 7. The molecule has 3 rings (SSSR count). The second-order valence-corrected chi connectivity index (χ2v) is 10.4. The van der Waals surface area contributed by atoms with E-state index in [2.05, 4.69) is 23.3 Å². The van der Waals surface area contributed by atoms with Crippen LogP contribution in [0, 0.1) is 0 Å². The first-order valence-corrected chi connectivity index (χ1v) is 11.0. The van der Waals surface area contributed by atoms with Gasteiger partial charge in [0.15, 0.2) is 5.67 Å². The van der Waals surface area contributed by atoms with Gasteiger partial charge in [-0.2, -0.15) is 12.6 Å². The third kappa shape index (κ3) is 5.70. The van der Waals surface area contributed by atoms with Gasteiger partial charge in [0.25, 0.3) is 5.91 Å². The number of benzene rings is 1. The fraction of sp³-hybridized carbons (Fsp3) is 0.571. The van der Waals surface area contributed by atoms with Crippen molar-refractivity contribution in [2.24, 2.45) is 0 Å². The van der Waals surface area contributed by atoms with Crippen LogP contribution in [-0.2, 0) is 20.9 Å². The van der Waals surface area contributed by atoms with E-state index < -0.39 is 46.3 Å². The van der Waals surface area contributed by atoms with Crippen molar-refractivity contribution in [1.82, 2.24) is 15.5 Å². The molecule has 3 N–H and O–H groups in total. The second kappa shape index (κ2) is 8.96. The van der Waals surface area contributed by atoms with Crippen LogP contribution in [0.1, 0.15) is 38.7 Å². The Morgan fingerprint density at radius 3 is 2.48 bits per heavy atom. The molecule has 2 fully saturated rings. The summed E-state index contributed by atoms with van der Waals surface area (Å²) < 4.78 is 13.1. The van der Waals surface area contributed by atoms with Gasteiger partial charge in [-0.05, 0) is 44.4 Å². The molecule has 3 amide bonds. The summed E-state index contributed by atoms with van der Waals surface area (Å²) in [6, 6.07) is 4.89. The Hall–Kier alpha value is -1.84. The Balaban J connectivity index is 1.71. The van der Waals surface area contributed by atoms with Crippen molar-refractivity contribution in [3.8, 4) is 0 Å². The number of thiol groups is 1. The molecular weight excluding hydrogens is 445 g/mol. The molecule has 1 saturated heterocycles. The van der Waals surface area contributed by atoms with Gasteiger partial charge in [-0.25, -0.2) is 4.39 Å². The van der Waals surface area contributed by atoms with Crippen LogP contribution in [0.3, 0.4) is 0 Å². The zero-order valence-electron chi connectivity index (χ0n) is 17.4. The van der Waals surface area contributed by atoms with Crippen LogP contribution in [0.15, 0.2) is 24.3 Å². The molecule has 7 nitrogen and oxygen atoms in total. The molecule has 3 atom stereocenters. The van der Waals surface area contributed by atoms with Crippen LogP contribution in [0.5, 0.6) is 0 Å². The number of likely N-dealkylation sites (tertiary alicyclic amines) is 1. The summed E-state index contributed by atoms with van der Waals surface area (Å²) >= 11 is 10.3. The molecule has 170 valence electrons. The minimum atomic E-state index is -1.95. The molecule has 1 aromatic rings. The van der Waals surface area contributed by atoms with Crippen molar-refractivity contribution in [3.63, 3.8) is 0 Å². The topological polar surface area (TPSA) is 98.7 Å². The quantitative estimate of drug-likeness (QED) is 0.454. The molecule has 10 heteroatoms. The summed E-state index contributed by atoms with van der Waals surface area (Å²) in [5, 5.41) is 15.9. The average Bonchev–Trinajstić information content (AvgIpc) is 3.33. The molecule has 1 heterocycles. The van der Waals surface area contributed by atoms with Crippen LogP contribution >= 0.6 is 24.2 Å². The third-order valence-electron chi connectivity index (χ3n) is 5.57. The number of nitrogens with one attached hydrogen (secondary N) is 2. The van der Waals surface area contributed by atoms with Crippen LogP contribution in [0.25, 0.3) is 0 Å². The molecule has 1 aliphatic heterocycles. The van der Waals surface area contributed by atoms with E-state index in [1.54, 1.807) is 38.1 Å². The maximum atomic E-state index is 14.2. The number of hydrogen-bond acceptors (Lipinski definition) is 5. The van der Waals surface area contributed by atoms with Crippen LogP contribution in [0.2, 0.25) is 5.02 Å². The SMILES string of the molecule is CC(C)(S)[C@H](NC(=O)C1(F)CC1)C(=O)N1C[C@H](O)C[C@H]1C(=O)NCc1ccc(Cl)cc1. The van der Waals surface area contributed by atoms with Gasteiger partial charge in [0, 0.05) is 29.3 Å². The van der Waals surface area contributed by atoms with E-state index in [0.717, 1.165) is 5.56 Å². The van der Waals surface area contributed by atoms with E-state index >= 15 is 0 Å².